The maximum absolute atomic E-state index is 5.89. The number of nitrogens with zero attached hydrogens (tertiary/aromatic N) is 2. The van der Waals surface area contributed by atoms with Gasteiger partial charge >= 0.3 is 0 Å². The van der Waals surface area contributed by atoms with Crippen molar-refractivity contribution in [3.8, 4) is 0 Å². The van der Waals surface area contributed by atoms with Crippen LogP contribution in [0, 0.1) is 0 Å². The van der Waals surface area contributed by atoms with Crippen molar-refractivity contribution in [3.05, 3.63) is 24.3 Å². The number of nitrogens with one attached hydrogen (secondary N) is 1. The van der Waals surface area contributed by atoms with Gasteiger partial charge in [0.25, 0.3) is 0 Å². The fourth-order valence-corrected chi connectivity index (χ4v) is 1.90. The molecule has 0 saturated heterocycles. The highest BCUT2D eigenvalue weighted by Gasteiger charge is 2.04. The molecule has 3 N–H and O–H groups in total. The number of fused-ring (bicyclic) bond motifs is 1. The Labute approximate surface area is 108 Å². The monoisotopic (exact) mass is 244 g/mol. The topological polar surface area (TPSA) is 63.8 Å². The molecule has 2 aromatic rings. The van der Waals surface area contributed by atoms with Crippen LogP contribution in [0.3, 0.4) is 0 Å². The predicted molar refractivity (Wildman–Crippen MR) is 76.6 cm³/mol. The summed E-state index contributed by atoms with van der Waals surface area (Å²) < 4.78 is 0. The van der Waals surface area contributed by atoms with Crippen LogP contribution in [0.25, 0.3) is 11.0 Å². The van der Waals surface area contributed by atoms with Gasteiger partial charge in [0.1, 0.15) is 0 Å². The molecule has 0 fully saturated rings. The van der Waals surface area contributed by atoms with Crippen molar-refractivity contribution in [3.63, 3.8) is 0 Å². The van der Waals surface area contributed by atoms with Gasteiger partial charge in [0.05, 0.1) is 11.0 Å². The largest absolute Gasteiger partial charge is 0.381 e. The number of anilines is 2. The lowest BCUT2D eigenvalue weighted by Crippen LogP contribution is -2.07. The van der Waals surface area contributed by atoms with Gasteiger partial charge in [0, 0.05) is 6.54 Å². The van der Waals surface area contributed by atoms with Crippen molar-refractivity contribution < 1.29 is 0 Å². The highest BCUT2D eigenvalue weighted by atomic mass is 15.1. The molecule has 2 rings (SSSR count). The molecule has 0 atom stereocenters. The molecule has 0 unspecified atom stereocenters. The third-order valence-electron chi connectivity index (χ3n) is 2.92. The Bertz CT molecular complexity index is 510. The first kappa shape index (κ1) is 12.6. The molecular weight excluding hydrogens is 224 g/mol. The van der Waals surface area contributed by atoms with Crippen molar-refractivity contribution in [2.45, 2.75) is 32.6 Å². The van der Waals surface area contributed by atoms with Crippen molar-refractivity contribution in [2.75, 3.05) is 17.6 Å². The fraction of sp³-hybridized carbons (Fsp3) is 0.429. The zero-order chi connectivity index (χ0) is 12.8. The molecule has 1 aromatic carbocycles. The van der Waals surface area contributed by atoms with Crippen LogP contribution in [0.1, 0.15) is 32.6 Å². The summed E-state index contributed by atoms with van der Waals surface area (Å²) in [6.07, 6.45) is 4.91. The summed E-state index contributed by atoms with van der Waals surface area (Å²) in [6, 6.07) is 7.76. The number of nitrogens with two attached hydrogens (primary N) is 1. The number of hydrogen-bond acceptors (Lipinski definition) is 4. The van der Waals surface area contributed by atoms with Crippen molar-refractivity contribution in [2.24, 2.45) is 0 Å². The van der Waals surface area contributed by atoms with Crippen LogP contribution in [-0.4, -0.2) is 16.5 Å². The lowest BCUT2D eigenvalue weighted by Gasteiger charge is -2.08. The van der Waals surface area contributed by atoms with E-state index >= 15 is 0 Å². The summed E-state index contributed by atoms with van der Waals surface area (Å²) in [7, 11) is 0. The Morgan fingerprint density at radius 3 is 2.50 bits per heavy atom. The normalized spacial score (nSPS) is 10.7. The standard InChI is InChI=1S/C14H20N4/c1-2-3-4-7-10-16-14-13(15)17-11-8-5-6-9-12(11)18-14/h5-6,8-9H,2-4,7,10H2,1H3,(H2,15,17)(H,16,18). The van der Waals surface area contributed by atoms with Gasteiger partial charge in [-0.05, 0) is 18.6 Å². The van der Waals surface area contributed by atoms with E-state index in [4.69, 9.17) is 5.73 Å². The van der Waals surface area contributed by atoms with Gasteiger partial charge in [-0.3, -0.25) is 0 Å². The molecule has 18 heavy (non-hydrogen) atoms. The smallest absolute Gasteiger partial charge is 0.169 e. The molecule has 0 spiro atoms. The molecule has 4 heteroatoms. The highest BCUT2D eigenvalue weighted by Crippen LogP contribution is 2.18. The molecule has 0 amide bonds. The summed E-state index contributed by atoms with van der Waals surface area (Å²) in [5, 5.41) is 3.27. The molecule has 0 aliphatic heterocycles. The highest BCUT2D eigenvalue weighted by molar-refractivity contribution is 5.79. The molecule has 1 heterocycles. The maximum atomic E-state index is 5.89. The van der Waals surface area contributed by atoms with E-state index in [1.807, 2.05) is 24.3 Å². The molecule has 1 aromatic heterocycles. The van der Waals surface area contributed by atoms with Crippen LogP contribution in [0.5, 0.6) is 0 Å². The Morgan fingerprint density at radius 1 is 1.06 bits per heavy atom. The van der Waals surface area contributed by atoms with Gasteiger partial charge in [-0.1, -0.05) is 38.3 Å². The zero-order valence-corrected chi connectivity index (χ0v) is 10.8. The minimum absolute atomic E-state index is 0.476. The number of unbranched alkanes of at least 4 members (excludes halogenated alkanes) is 3. The number of para-hydroxylation sites is 2. The predicted octanol–water partition coefficient (Wildman–Crippen LogP) is 3.20. The van der Waals surface area contributed by atoms with Crippen LogP contribution >= 0.6 is 0 Å². The van der Waals surface area contributed by atoms with E-state index in [2.05, 4.69) is 22.2 Å². The second-order valence-electron chi connectivity index (χ2n) is 4.43. The van der Waals surface area contributed by atoms with E-state index < -0.39 is 0 Å². The van der Waals surface area contributed by atoms with Gasteiger partial charge in [-0.15, -0.1) is 0 Å². The van der Waals surface area contributed by atoms with Crippen molar-refractivity contribution in [1.82, 2.24) is 9.97 Å². The van der Waals surface area contributed by atoms with Gasteiger partial charge < -0.3 is 11.1 Å². The quantitative estimate of drug-likeness (QED) is 0.766. The van der Waals surface area contributed by atoms with Crippen LogP contribution in [0.2, 0.25) is 0 Å². The number of nitrogen functional groups attached to an aromatic ring is 1. The summed E-state index contributed by atoms with van der Waals surface area (Å²) in [6.45, 7) is 3.11. The van der Waals surface area contributed by atoms with E-state index in [-0.39, 0.29) is 0 Å². The second-order valence-corrected chi connectivity index (χ2v) is 4.43. The number of benzene rings is 1. The molecule has 0 radical (unpaired) electrons. The lowest BCUT2D eigenvalue weighted by molar-refractivity contribution is 0.684. The molecule has 0 saturated carbocycles. The molecule has 0 aliphatic rings. The first-order chi connectivity index (χ1) is 8.81. The van der Waals surface area contributed by atoms with E-state index in [1.165, 1.54) is 19.3 Å². The summed E-state index contributed by atoms with van der Waals surface area (Å²) in [4.78, 5) is 8.84. The first-order valence-electron chi connectivity index (χ1n) is 6.57. The number of rotatable bonds is 6. The summed E-state index contributed by atoms with van der Waals surface area (Å²) in [5.41, 5.74) is 7.61. The van der Waals surface area contributed by atoms with Crippen LogP contribution in [0.4, 0.5) is 11.6 Å². The van der Waals surface area contributed by atoms with Crippen LogP contribution in [-0.2, 0) is 0 Å². The molecule has 96 valence electrons. The Hall–Kier alpha value is -1.84. The minimum atomic E-state index is 0.476. The second kappa shape index (κ2) is 6.19. The fourth-order valence-electron chi connectivity index (χ4n) is 1.90. The zero-order valence-electron chi connectivity index (χ0n) is 10.8. The van der Waals surface area contributed by atoms with E-state index in [0.29, 0.717) is 11.6 Å². The average Bonchev–Trinajstić information content (AvgIpc) is 2.39. The van der Waals surface area contributed by atoms with Gasteiger partial charge in [-0.2, -0.15) is 0 Å². The SMILES string of the molecule is CCCCCCNc1nc2ccccc2nc1N. The lowest BCUT2D eigenvalue weighted by atomic mass is 10.2. The van der Waals surface area contributed by atoms with Gasteiger partial charge in [0.15, 0.2) is 11.6 Å². The number of aromatic nitrogens is 2. The molecular formula is C14H20N4. The molecule has 0 aliphatic carbocycles. The van der Waals surface area contributed by atoms with Crippen LogP contribution < -0.4 is 11.1 Å². The average molecular weight is 244 g/mol. The Morgan fingerprint density at radius 2 is 1.78 bits per heavy atom. The summed E-state index contributed by atoms with van der Waals surface area (Å²) in [5.74, 6) is 1.18. The van der Waals surface area contributed by atoms with Gasteiger partial charge in [0.2, 0.25) is 0 Å². The Kier molecular flexibility index (Phi) is 4.34. The minimum Gasteiger partial charge on any atom is -0.381 e. The van der Waals surface area contributed by atoms with Crippen molar-refractivity contribution >= 4 is 22.7 Å². The van der Waals surface area contributed by atoms with Crippen molar-refractivity contribution in [1.29, 1.82) is 0 Å². The maximum Gasteiger partial charge on any atom is 0.169 e. The third-order valence-corrected chi connectivity index (χ3v) is 2.92. The number of hydrogen-bond donors (Lipinski definition) is 2. The van der Waals surface area contributed by atoms with E-state index in [0.717, 1.165) is 24.0 Å². The molecule has 4 nitrogen and oxygen atoms in total. The first-order valence-corrected chi connectivity index (χ1v) is 6.57. The van der Waals surface area contributed by atoms with Crippen LogP contribution in [0.15, 0.2) is 24.3 Å². The van der Waals surface area contributed by atoms with Gasteiger partial charge in [-0.25, -0.2) is 9.97 Å². The van der Waals surface area contributed by atoms with E-state index in [9.17, 15) is 0 Å². The van der Waals surface area contributed by atoms with E-state index in [1.54, 1.807) is 0 Å². The summed E-state index contributed by atoms with van der Waals surface area (Å²) >= 11 is 0. The third kappa shape index (κ3) is 3.09. The Balaban J connectivity index is 2.01. The molecule has 0 bridgehead atoms.